The van der Waals surface area contributed by atoms with Crippen LogP contribution in [0.3, 0.4) is 0 Å². The summed E-state index contributed by atoms with van der Waals surface area (Å²) < 4.78 is 5.34. The fourth-order valence-electron chi connectivity index (χ4n) is 2.53. The van der Waals surface area contributed by atoms with Crippen molar-refractivity contribution in [3.8, 4) is 0 Å². The number of hydrogen-bond donors (Lipinski definition) is 1. The summed E-state index contributed by atoms with van der Waals surface area (Å²) in [7, 11) is 0. The second kappa shape index (κ2) is 7.86. The number of hydrogen-bond acceptors (Lipinski definition) is 5. The number of para-hydroxylation sites is 2. The number of ether oxygens (including phenoxy) is 1. The molecule has 1 heterocycles. The molecule has 1 aliphatic heterocycles. The first-order chi connectivity index (χ1) is 10.6. The minimum absolute atomic E-state index is 0.0944. The van der Waals surface area contributed by atoms with Crippen molar-refractivity contribution >= 4 is 17.3 Å². The predicted octanol–water partition coefficient (Wildman–Crippen LogP) is 1.89. The maximum Gasteiger partial charge on any atom is 0.292 e. The largest absolute Gasteiger partial charge is 0.381 e. The van der Waals surface area contributed by atoms with Crippen LogP contribution < -0.4 is 5.32 Å². The lowest BCUT2D eigenvalue weighted by atomic mass is 10.1. The molecule has 1 fully saturated rings. The second-order valence-corrected chi connectivity index (χ2v) is 5.38. The molecule has 0 radical (unpaired) electrons. The van der Waals surface area contributed by atoms with Crippen molar-refractivity contribution in [2.75, 3.05) is 38.2 Å². The van der Waals surface area contributed by atoms with Crippen LogP contribution in [0.25, 0.3) is 0 Å². The Hall–Kier alpha value is -1.99. The summed E-state index contributed by atoms with van der Waals surface area (Å²) in [6.45, 7) is 5.29. The lowest BCUT2D eigenvalue weighted by molar-refractivity contribution is -0.383. The maximum atomic E-state index is 12.1. The first kappa shape index (κ1) is 16.4. The Morgan fingerprint density at radius 3 is 2.91 bits per heavy atom. The molecule has 1 atom stereocenters. The normalized spacial score (nSPS) is 17.6. The van der Waals surface area contributed by atoms with E-state index in [1.807, 2.05) is 11.8 Å². The summed E-state index contributed by atoms with van der Waals surface area (Å²) in [5.74, 6) is 0.217. The molecule has 1 saturated heterocycles. The van der Waals surface area contributed by atoms with Gasteiger partial charge < -0.3 is 10.1 Å². The molecular weight excluding hydrogens is 286 g/mol. The van der Waals surface area contributed by atoms with Gasteiger partial charge in [0.1, 0.15) is 5.69 Å². The van der Waals surface area contributed by atoms with Crippen LogP contribution in [-0.2, 0) is 9.53 Å². The van der Waals surface area contributed by atoms with Gasteiger partial charge in [0.2, 0.25) is 5.91 Å². The smallest absolute Gasteiger partial charge is 0.292 e. The molecule has 0 saturated carbocycles. The van der Waals surface area contributed by atoms with E-state index in [1.54, 1.807) is 12.1 Å². The summed E-state index contributed by atoms with van der Waals surface area (Å²) >= 11 is 0. The molecule has 0 aliphatic carbocycles. The monoisotopic (exact) mass is 307 g/mol. The second-order valence-electron chi connectivity index (χ2n) is 5.38. The number of benzene rings is 1. The van der Waals surface area contributed by atoms with Crippen molar-refractivity contribution < 1.29 is 14.5 Å². The molecular formula is C15H21N3O4. The molecule has 0 aromatic heterocycles. The molecule has 2 rings (SSSR count). The number of nitro benzene ring substituents is 1. The van der Waals surface area contributed by atoms with E-state index in [9.17, 15) is 14.9 Å². The van der Waals surface area contributed by atoms with E-state index in [4.69, 9.17) is 4.74 Å². The van der Waals surface area contributed by atoms with Gasteiger partial charge in [0, 0.05) is 19.2 Å². The third kappa shape index (κ3) is 4.51. The van der Waals surface area contributed by atoms with E-state index in [-0.39, 0.29) is 23.8 Å². The van der Waals surface area contributed by atoms with Crippen LogP contribution >= 0.6 is 0 Å². The average Bonchev–Trinajstić information content (AvgIpc) is 2.99. The summed E-state index contributed by atoms with van der Waals surface area (Å²) in [5.41, 5.74) is 0.140. The Morgan fingerprint density at radius 1 is 1.50 bits per heavy atom. The fraction of sp³-hybridized carbons (Fsp3) is 0.533. The molecule has 120 valence electrons. The highest BCUT2D eigenvalue weighted by Crippen LogP contribution is 2.23. The van der Waals surface area contributed by atoms with Gasteiger partial charge in [0.25, 0.3) is 5.69 Å². The molecule has 0 unspecified atom stereocenters. The van der Waals surface area contributed by atoms with Gasteiger partial charge in [0.15, 0.2) is 0 Å². The molecule has 1 N–H and O–H groups in total. The van der Waals surface area contributed by atoms with E-state index in [2.05, 4.69) is 5.32 Å². The molecule has 0 bridgehead atoms. The number of likely N-dealkylation sites (N-methyl/N-ethyl adjacent to an activating group) is 1. The highest BCUT2D eigenvalue weighted by molar-refractivity contribution is 5.94. The van der Waals surface area contributed by atoms with E-state index in [1.165, 1.54) is 12.1 Å². The number of anilines is 1. The number of rotatable bonds is 7. The maximum absolute atomic E-state index is 12.1. The van der Waals surface area contributed by atoms with E-state index < -0.39 is 4.92 Å². The van der Waals surface area contributed by atoms with Gasteiger partial charge in [-0.15, -0.1) is 0 Å². The van der Waals surface area contributed by atoms with Gasteiger partial charge in [-0.1, -0.05) is 19.1 Å². The SMILES string of the molecule is CCN(CC(=O)Nc1ccccc1[N+](=O)[O-])C[C@@H]1CCOC1. The van der Waals surface area contributed by atoms with E-state index in [0.29, 0.717) is 5.92 Å². The van der Waals surface area contributed by atoms with Crippen molar-refractivity contribution in [1.82, 2.24) is 4.90 Å². The van der Waals surface area contributed by atoms with Crippen LogP contribution in [0.1, 0.15) is 13.3 Å². The van der Waals surface area contributed by atoms with Crippen LogP contribution in [0.15, 0.2) is 24.3 Å². The van der Waals surface area contributed by atoms with Crippen LogP contribution in [-0.4, -0.2) is 48.6 Å². The van der Waals surface area contributed by atoms with Gasteiger partial charge in [-0.25, -0.2) is 0 Å². The fourth-order valence-corrected chi connectivity index (χ4v) is 2.53. The lowest BCUT2D eigenvalue weighted by Gasteiger charge is -2.22. The van der Waals surface area contributed by atoms with Gasteiger partial charge in [-0.2, -0.15) is 0 Å². The van der Waals surface area contributed by atoms with Gasteiger partial charge in [-0.3, -0.25) is 19.8 Å². The zero-order valence-electron chi connectivity index (χ0n) is 12.7. The summed E-state index contributed by atoms with van der Waals surface area (Å²) in [6.07, 6.45) is 1.02. The van der Waals surface area contributed by atoms with Crippen LogP contribution in [0.4, 0.5) is 11.4 Å². The number of nitro groups is 1. The standard InChI is InChI=1S/C15H21N3O4/c1-2-17(9-12-7-8-22-11-12)10-15(19)16-13-5-3-4-6-14(13)18(20)21/h3-6,12H,2,7-11H2,1H3,(H,16,19)/t12-/m0/s1. The third-order valence-electron chi connectivity index (χ3n) is 3.73. The Morgan fingerprint density at radius 2 is 2.27 bits per heavy atom. The van der Waals surface area contributed by atoms with Crippen molar-refractivity contribution in [2.45, 2.75) is 13.3 Å². The molecule has 7 nitrogen and oxygen atoms in total. The topological polar surface area (TPSA) is 84.7 Å². The van der Waals surface area contributed by atoms with Gasteiger partial charge in [-0.05, 0) is 24.9 Å². The minimum atomic E-state index is -0.497. The number of carbonyl (C=O) groups excluding carboxylic acids is 1. The molecule has 1 amide bonds. The van der Waals surface area contributed by atoms with Gasteiger partial charge >= 0.3 is 0 Å². The van der Waals surface area contributed by atoms with Crippen molar-refractivity contribution in [3.05, 3.63) is 34.4 Å². The van der Waals surface area contributed by atoms with Crippen molar-refractivity contribution in [3.63, 3.8) is 0 Å². The van der Waals surface area contributed by atoms with Crippen LogP contribution in [0.2, 0.25) is 0 Å². The number of carbonyl (C=O) groups is 1. The Kier molecular flexibility index (Phi) is 5.85. The number of nitrogens with one attached hydrogen (secondary N) is 1. The summed E-state index contributed by atoms with van der Waals surface area (Å²) in [5, 5.41) is 13.6. The molecule has 7 heteroatoms. The average molecular weight is 307 g/mol. The van der Waals surface area contributed by atoms with Crippen molar-refractivity contribution in [1.29, 1.82) is 0 Å². The zero-order chi connectivity index (χ0) is 15.9. The molecule has 1 aromatic carbocycles. The first-order valence-corrected chi connectivity index (χ1v) is 7.43. The highest BCUT2D eigenvalue weighted by Gasteiger charge is 2.21. The Balaban J connectivity index is 1.92. The van der Waals surface area contributed by atoms with Crippen LogP contribution in [0, 0.1) is 16.0 Å². The molecule has 1 aromatic rings. The molecule has 22 heavy (non-hydrogen) atoms. The highest BCUT2D eigenvalue weighted by atomic mass is 16.6. The quantitative estimate of drug-likeness (QED) is 0.614. The van der Waals surface area contributed by atoms with Crippen molar-refractivity contribution in [2.24, 2.45) is 5.92 Å². The zero-order valence-corrected chi connectivity index (χ0v) is 12.7. The summed E-state index contributed by atoms with van der Waals surface area (Å²) in [6, 6.07) is 6.16. The lowest BCUT2D eigenvalue weighted by Crippen LogP contribution is -2.36. The minimum Gasteiger partial charge on any atom is -0.381 e. The molecule has 1 aliphatic rings. The Bertz CT molecular complexity index is 529. The summed E-state index contributed by atoms with van der Waals surface area (Å²) in [4.78, 5) is 24.6. The predicted molar refractivity (Wildman–Crippen MR) is 82.8 cm³/mol. The van der Waals surface area contributed by atoms with E-state index >= 15 is 0 Å². The third-order valence-corrected chi connectivity index (χ3v) is 3.73. The van der Waals surface area contributed by atoms with E-state index in [0.717, 1.165) is 32.7 Å². The number of nitrogens with zero attached hydrogens (tertiary/aromatic N) is 2. The first-order valence-electron chi connectivity index (χ1n) is 7.43. The van der Waals surface area contributed by atoms with Gasteiger partial charge in [0.05, 0.1) is 18.1 Å². The number of amides is 1. The van der Waals surface area contributed by atoms with Crippen LogP contribution in [0.5, 0.6) is 0 Å². The Labute approximate surface area is 129 Å². The molecule has 0 spiro atoms.